The second-order valence-electron chi connectivity index (χ2n) is 7.55. The zero-order valence-corrected chi connectivity index (χ0v) is 17.8. The Morgan fingerprint density at radius 1 is 0.848 bits per heavy atom. The molecule has 0 spiro atoms. The van der Waals surface area contributed by atoms with Crippen LogP contribution in [0, 0.1) is 18.6 Å². The van der Waals surface area contributed by atoms with Crippen molar-refractivity contribution in [3.05, 3.63) is 95.2 Å². The van der Waals surface area contributed by atoms with Crippen LogP contribution in [0.1, 0.15) is 18.1 Å². The van der Waals surface area contributed by atoms with E-state index in [2.05, 4.69) is 10.6 Å². The number of hydrogen-bond donors (Lipinski definition) is 2. The Labute approximate surface area is 188 Å². The number of rotatable bonds is 5. The number of hydrogen-bond acceptors (Lipinski definition) is 4. The number of halogens is 2. The van der Waals surface area contributed by atoms with Gasteiger partial charge >= 0.3 is 0 Å². The SMILES string of the molecule is CC(=O)Nc1ccc(C2=C(Nc3ccc(F)c(F)c3)C(=O)N(c3cccc(C)c3)C2=O)cc1. The monoisotopic (exact) mass is 447 g/mol. The molecule has 1 aliphatic heterocycles. The van der Waals surface area contributed by atoms with Gasteiger partial charge in [0.15, 0.2) is 11.6 Å². The highest BCUT2D eigenvalue weighted by atomic mass is 19.2. The van der Waals surface area contributed by atoms with Gasteiger partial charge in [0.2, 0.25) is 5.91 Å². The summed E-state index contributed by atoms with van der Waals surface area (Å²) < 4.78 is 27.1. The van der Waals surface area contributed by atoms with Gasteiger partial charge in [0.05, 0.1) is 11.3 Å². The van der Waals surface area contributed by atoms with Gasteiger partial charge in [0.1, 0.15) is 5.70 Å². The molecule has 4 rings (SSSR count). The minimum absolute atomic E-state index is 0.0696. The number of nitrogens with zero attached hydrogens (tertiary/aromatic N) is 1. The molecule has 0 radical (unpaired) electrons. The Bertz CT molecular complexity index is 1320. The predicted octanol–water partition coefficient (Wildman–Crippen LogP) is 4.63. The summed E-state index contributed by atoms with van der Waals surface area (Å²) in [5, 5.41) is 5.43. The number of aryl methyl sites for hydroxylation is 1. The van der Waals surface area contributed by atoms with Crippen molar-refractivity contribution in [3.8, 4) is 0 Å². The van der Waals surface area contributed by atoms with E-state index >= 15 is 0 Å². The molecular weight excluding hydrogens is 428 g/mol. The van der Waals surface area contributed by atoms with Crippen LogP contribution in [-0.2, 0) is 14.4 Å². The zero-order valence-electron chi connectivity index (χ0n) is 17.8. The summed E-state index contributed by atoms with van der Waals surface area (Å²) in [6.45, 7) is 3.21. The average Bonchev–Trinajstić information content (AvgIpc) is 3.00. The first-order valence-electron chi connectivity index (χ1n) is 10.0. The summed E-state index contributed by atoms with van der Waals surface area (Å²) in [5.74, 6) is -3.56. The molecule has 0 unspecified atom stereocenters. The maximum Gasteiger partial charge on any atom is 0.282 e. The largest absolute Gasteiger partial charge is 0.350 e. The molecule has 2 N–H and O–H groups in total. The molecule has 1 aliphatic rings. The Kier molecular flexibility index (Phi) is 5.74. The minimum atomic E-state index is -1.09. The number of anilines is 3. The highest BCUT2D eigenvalue weighted by molar-refractivity contribution is 6.46. The van der Waals surface area contributed by atoms with Crippen LogP contribution < -0.4 is 15.5 Å². The molecule has 0 fully saturated rings. The van der Waals surface area contributed by atoms with E-state index in [9.17, 15) is 23.2 Å². The standard InChI is InChI=1S/C25H19F2N3O3/c1-14-4-3-5-19(12-14)30-24(32)22(16-6-8-17(9-7-16)28-15(2)31)23(25(30)33)29-18-10-11-20(26)21(27)13-18/h3-13,29H,1-2H3,(H,28,31). The lowest BCUT2D eigenvalue weighted by Crippen LogP contribution is -2.32. The van der Waals surface area contributed by atoms with Gasteiger partial charge in [-0.05, 0) is 54.4 Å². The van der Waals surface area contributed by atoms with Crippen molar-refractivity contribution in [1.29, 1.82) is 0 Å². The number of carbonyl (C=O) groups is 3. The van der Waals surface area contributed by atoms with Crippen LogP contribution in [0.4, 0.5) is 25.8 Å². The first kappa shape index (κ1) is 21.9. The molecule has 1 heterocycles. The molecule has 0 bridgehead atoms. The Morgan fingerprint density at radius 3 is 2.18 bits per heavy atom. The zero-order chi connectivity index (χ0) is 23.7. The van der Waals surface area contributed by atoms with Crippen LogP contribution in [-0.4, -0.2) is 17.7 Å². The van der Waals surface area contributed by atoms with E-state index in [1.54, 1.807) is 42.5 Å². The van der Waals surface area contributed by atoms with Crippen molar-refractivity contribution in [2.75, 3.05) is 15.5 Å². The van der Waals surface area contributed by atoms with Gasteiger partial charge in [-0.3, -0.25) is 14.4 Å². The van der Waals surface area contributed by atoms with E-state index < -0.39 is 23.4 Å². The van der Waals surface area contributed by atoms with E-state index in [-0.39, 0.29) is 22.9 Å². The molecule has 6 nitrogen and oxygen atoms in total. The fraction of sp³-hybridized carbons (Fsp3) is 0.0800. The molecule has 3 aromatic rings. The third-order valence-corrected chi connectivity index (χ3v) is 5.03. The predicted molar refractivity (Wildman–Crippen MR) is 121 cm³/mol. The van der Waals surface area contributed by atoms with Gasteiger partial charge in [-0.2, -0.15) is 0 Å². The lowest BCUT2D eigenvalue weighted by atomic mass is 10.0. The Balaban J connectivity index is 1.80. The van der Waals surface area contributed by atoms with Crippen LogP contribution in [0.3, 0.4) is 0 Å². The van der Waals surface area contributed by atoms with E-state index in [0.717, 1.165) is 22.6 Å². The van der Waals surface area contributed by atoms with Gasteiger partial charge < -0.3 is 10.6 Å². The lowest BCUT2D eigenvalue weighted by Gasteiger charge is -2.16. The van der Waals surface area contributed by atoms with Crippen LogP contribution in [0.2, 0.25) is 0 Å². The number of nitrogens with one attached hydrogen (secondary N) is 2. The maximum absolute atomic E-state index is 13.8. The number of carbonyl (C=O) groups excluding carboxylic acids is 3. The third-order valence-electron chi connectivity index (χ3n) is 5.03. The molecule has 0 atom stereocenters. The maximum atomic E-state index is 13.8. The summed E-state index contributed by atoms with van der Waals surface area (Å²) in [6.07, 6.45) is 0. The number of benzene rings is 3. The lowest BCUT2D eigenvalue weighted by molar-refractivity contribution is -0.120. The van der Waals surface area contributed by atoms with E-state index in [1.807, 2.05) is 13.0 Å². The highest BCUT2D eigenvalue weighted by Crippen LogP contribution is 2.34. The molecule has 0 aromatic heterocycles. The van der Waals surface area contributed by atoms with Crippen LogP contribution >= 0.6 is 0 Å². The quantitative estimate of drug-likeness (QED) is 0.559. The van der Waals surface area contributed by atoms with Crippen molar-refractivity contribution in [2.24, 2.45) is 0 Å². The van der Waals surface area contributed by atoms with Crippen molar-refractivity contribution in [2.45, 2.75) is 13.8 Å². The van der Waals surface area contributed by atoms with E-state index in [1.165, 1.54) is 13.0 Å². The van der Waals surface area contributed by atoms with E-state index in [0.29, 0.717) is 16.9 Å². The molecule has 166 valence electrons. The van der Waals surface area contributed by atoms with Crippen LogP contribution in [0.15, 0.2) is 72.4 Å². The normalized spacial score (nSPS) is 13.5. The summed E-state index contributed by atoms with van der Waals surface area (Å²) in [7, 11) is 0. The summed E-state index contributed by atoms with van der Waals surface area (Å²) in [4.78, 5) is 39.1. The smallest absolute Gasteiger partial charge is 0.282 e. The molecule has 0 aliphatic carbocycles. The van der Waals surface area contributed by atoms with Crippen molar-refractivity contribution in [3.63, 3.8) is 0 Å². The minimum Gasteiger partial charge on any atom is -0.350 e. The van der Waals surface area contributed by atoms with Gasteiger partial charge in [-0.1, -0.05) is 24.3 Å². The third kappa shape index (κ3) is 4.36. The van der Waals surface area contributed by atoms with Gasteiger partial charge in [-0.25, -0.2) is 13.7 Å². The van der Waals surface area contributed by atoms with Gasteiger partial charge in [-0.15, -0.1) is 0 Å². The average molecular weight is 447 g/mol. The number of imide groups is 1. The Hall–Kier alpha value is -4.33. The highest BCUT2D eigenvalue weighted by Gasteiger charge is 2.40. The van der Waals surface area contributed by atoms with Crippen molar-refractivity contribution in [1.82, 2.24) is 0 Å². The number of amides is 3. The summed E-state index contributed by atoms with van der Waals surface area (Å²) >= 11 is 0. The molecule has 0 saturated carbocycles. The van der Waals surface area contributed by atoms with Crippen LogP contribution in [0.25, 0.3) is 5.57 Å². The van der Waals surface area contributed by atoms with Crippen molar-refractivity contribution >= 4 is 40.4 Å². The van der Waals surface area contributed by atoms with E-state index in [4.69, 9.17) is 0 Å². The molecule has 33 heavy (non-hydrogen) atoms. The molecule has 3 amide bonds. The molecule has 8 heteroatoms. The molecule has 3 aromatic carbocycles. The fourth-order valence-electron chi connectivity index (χ4n) is 3.56. The van der Waals surface area contributed by atoms with Crippen LogP contribution in [0.5, 0.6) is 0 Å². The first-order chi connectivity index (χ1) is 15.7. The summed E-state index contributed by atoms with van der Waals surface area (Å²) in [5.41, 5.74) is 2.30. The molecule has 0 saturated heterocycles. The van der Waals surface area contributed by atoms with Gasteiger partial charge in [0, 0.05) is 24.4 Å². The summed E-state index contributed by atoms with van der Waals surface area (Å²) in [6, 6.07) is 16.4. The Morgan fingerprint density at radius 2 is 1.55 bits per heavy atom. The van der Waals surface area contributed by atoms with Crippen molar-refractivity contribution < 1.29 is 23.2 Å². The molecular formula is C25H19F2N3O3. The first-order valence-corrected chi connectivity index (χ1v) is 10.0. The van der Waals surface area contributed by atoms with Gasteiger partial charge in [0.25, 0.3) is 11.8 Å². The topological polar surface area (TPSA) is 78.5 Å². The fourth-order valence-corrected chi connectivity index (χ4v) is 3.56. The second kappa shape index (κ2) is 8.66. The second-order valence-corrected chi connectivity index (χ2v) is 7.55.